The van der Waals surface area contributed by atoms with Crippen molar-refractivity contribution in [2.75, 3.05) is 38.1 Å². The molecule has 2 aromatic carbocycles. The molecule has 2 heterocycles. The summed E-state index contributed by atoms with van der Waals surface area (Å²) in [7, 11) is -3.60. The highest BCUT2D eigenvalue weighted by Crippen LogP contribution is 2.33. The van der Waals surface area contributed by atoms with Gasteiger partial charge in [0.25, 0.3) is 0 Å². The predicted molar refractivity (Wildman–Crippen MR) is 129 cm³/mol. The van der Waals surface area contributed by atoms with E-state index in [1.807, 2.05) is 25.1 Å². The van der Waals surface area contributed by atoms with Crippen LogP contribution in [0.2, 0.25) is 0 Å². The highest BCUT2D eigenvalue weighted by Gasteiger charge is 2.29. The van der Waals surface area contributed by atoms with E-state index in [0.29, 0.717) is 31.1 Å². The van der Waals surface area contributed by atoms with Crippen LogP contribution in [-0.2, 0) is 14.8 Å². The topological polar surface area (TPSA) is 79.0 Å². The quantitative estimate of drug-likeness (QED) is 0.629. The van der Waals surface area contributed by atoms with Crippen LogP contribution >= 0.6 is 0 Å². The molecule has 178 valence electrons. The van der Waals surface area contributed by atoms with Gasteiger partial charge in [-0.05, 0) is 62.9 Å². The Labute approximate surface area is 196 Å². The Morgan fingerprint density at radius 1 is 1.03 bits per heavy atom. The van der Waals surface area contributed by atoms with Crippen molar-refractivity contribution in [1.82, 2.24) is 9.21 Å². The van der Waals surface area contributed by atoms with Gasteiger partial charge in [0.1, 0.15) is 5.75 Å². The van der Waals surface area contributed by atoms with Crippen LogP contribution in [0.4, 0.5) is 5.69 Å². The lowest BCUT2D eigenvalue weighted by Gasteiger charge is -2.26. The first kappa shape index (κ1) is 23.7. The van der Waals surface area contributed by atoms with Crippen LogP contribution in [0.15, 0.2) is 53.4 Å². The van der Waals surface area contributed by atoms with Crippen LogP contribution in [0.5, 0.6) is 5.75 Å². The Morgan fingerprint density at radius 2 is 1.79 bits per heavy atom. The van der Waals surface area contributed by atoms with E-state index in [1.54, 1.807) is 12.1 Å². The van der Waals surface area contributed by atoms with E-state index >= 15 is 0 Å². The molecule has 0 saturated carbocycles. The molecule has 0 aliphatic carbocycles. The molecule has 1 N–H and O–H groups in total. The molecule has 4 rings (SSSR count). The number of hydrogen-bond acceptors (Lipinski definition) is 5. The van der Waals surface area contributed by atoms with Crippen molar-refractivity contribution in [2.45, 2.75) is 50.0 Å². The number of nitrogens with one attached hydrogen (secondary N) is 1. The van der Waals surface area contributed by atoms with Crippen LogP contribution in [0.25, 0.3) is 0 Å². The van der Waals surface area contributed by atoms with Crippen LogP contribution < -0.4 is 10.1 Å². The molecule has 1 atom stereocenters. The maximum atomic E-state index is 13.1. The largest absolute Gasteiger partial charge is 0.492 e. The minimum absolute atomic E-state index is 0.175. The van der Waals surface area contributed by atoms with E-state index < -0.39 is 10.0 Å². The maximum absolute atomic E-state index is 13.1. The number of hydrogen-bond donors (Lipinski definition) is 1. The van der Waals surface area contributed by atoms with Crippen LogP contribution in [-0.4, -0.2) is 56.3 Å². The fraction of sp³-hybridized carbons (Fsp3) is 0.480. The SMILES string of the molecule is CCOc1ccc(S(=O)(=O)N2CCCCC2)cc1NC(=O)CN1CCCC1c1ccccc1. The summed E-state index contributed by atoms with van der Waals surface area (Å²) in [6.07, 6.45) is 4.86. The minimum Gasteiger partial charge on any atom is -0.492 e. The summed E-state index contributed by atoms with van der Waals surface area (Å²) in [4.78, 5) is 15.4. The molecule has 0 aromatic heterocycles. The molecular weight excluding hydrogens is 438 g/mol. The number of rotatable bonds is 8. The second kappa shape index (κ2) is 10.7. The fourth-order valence-electron chi connectivity index (χ4n) is 4.75. The average molecular weight is 472 g/mol. The molecule has 2 fully saturated rings. The van der Waals surface area contributed by atoms with Gasteiger partial charge in [-0.15, -0.1) is 0 Å². The second-order valence-electron chi connectivity index (χ2n) is 8.64. The van der Waals surface area contributed by atoms with Gasteiger partial charge in [-0.3, -0.25) is 9.69 Å². The highest BCUT2D eigenvalue weighted by molar-refractivity contribution is 7.89. The zero-order valence-electron chi connectivity index (χ0n) is 19.2. The van der Waals surface area contributed by atoms with Crippen molar-refractivity contribution in [3.05, 3.63) is 54.1 Å². The van der Waals surface area contributed by atoms with Gasteiger partial charge in [0.15, 0.2) is 0 Å². The first-order chi connectivity index (χ1) is 16.0. The van der Waals surface area contributed by atoms with Gasteiger partial charge in [-0.2, -0.15) is 4.31 Å². The van der Waals surface area contributed by atoms with E-state index in [1.165, 1.54) is 15.9 Å². The third-order valence-corrected chi connectivity index (χ3v) is 8.27. The number of nitrogens with zero attached hydrogens (tertiary/aromatic N) is 2. The van der Waals surface area contributed by atoms with Crippen molar-refractivity contribution in [3.8, 4) is 5.75 Å². The summed E-state index contributed by atoms with van der Waals surface area (Å²) in [5.41, 5.74) is 1.61. The molecule has 33 heavy (non-hydrogen) atoms. The van der Waals surface area contributed by atoms with E-state index in [4.69, 9.17) is 4.74 Å². The number of amides is 1. The number of carbonyl (C=O) groups is 1. The van der Waals surface area contributed by atoms with Gasteiger partial charge in [-0.25, -0.2) is 8.42 Å². The summed E-state index contributed by atoms with van der Waals surface area (Å²) >= 11 is 0. The van der Waals surface area contributed by atoms with Crippen LogP contribution in [0.3, 0.4) is 0 Å². The van der Waals surface area contributed by atoms with Crippen molar-refractivity contribution in [2.24, 2.45) is 0 Å². The Hall–Kier alpha value is -2.42. The number of sulfonamides is 1. The lowest BCUT2D eigenvalue weighted by Crippen LogP contribution is -2.35. The van der Waals surface area contributed by atoms with Crippen molar-refractivity contribution >= 4 is 21.6 Å². The summed E-state index contributed by atoms with van der Waals surface area (Å²) < 4.78 is 33.5. The highest BCUT2D eigenvalue weighted by atomic mass is 32.2. The Kier molecular flexibility index (Phi) is 7.67. The third-order valence-electron chi connectivity index (χ3n) is 6.37. The number of carbonyl (C=O) groups excluding carboxylic acids is 1. The molecule has 7 nitrogen and oxygen atoms in total. The van der Waals surface area contributed by atoms with Crippen LogP contribution in [0, 0.1) is 0 Å². The maximum Gasteiger partial charge on any atom is 0.243 e. The Bertz CT molecular complexity index is 1050. The molecule has 2 aliphatic heterocycles. The van der Waals surface area contributed by atoms with Gasteiger partial charge in [0.2, 0.25) is 15.9 Å². The molecule has 8 heteroatoms. The average Bonchev–Trinajstić information content (AvgIpc) is 3.29. The van der Waals surface area contributed by atoms with E-state index in [9.17, 15) is 13.2 Å². The van der Waals surface area contributed by atoms with E-state index in [0.717, 1.165) is 38.6 Å². The minimum atomic E-state index is -3.60. The monoisotopic (exact) mass is 471 g/mol. The molecule has 1 unspecified atom stereocenters. The first-order valence-electron chi connectivity index (χ1n) is 11.8. The van der Waals surface area contributed by atoms with Crippen LogP contribution in [0.1, 0.15) is 50.6 Å². The van der Waals surface area contributed by atoms with Gasteiger partial charge in [0.05, 0.1) is 23.7 Å². The number of benzene rings is 2. The van der Waals surface area contributed by atoms with Crippen molar-refractivity contribution in [1.29, 1.82) is 0 Å². The van der Waals surface area contributed by atoms with Gasteiger partial charge in [-0.1, -0.05) is 36.8 Å². The molecular formula is C25H33N3O4S. The summed E-state index contributed by atoms with van der Waals surface area (Å²) in [6.45, 7) is 4.45. The number of likely N-dealkylation sites (tertiary alicyclic amines) is 1. The molecule has 2 saturated heterocycles. The molecule has 0 bridgehead atoms. The van der Waals surface area contributed by atoms with Crippen molar-refractivity contribution in [3.63, 3.8) is 0 Å². The summed E-state index contributed by atoms with van der Waals surface area (Å²) in [5.74, 6) is 0.302. The zero-order valence-corrected chi connectivity index (χ0v) is 20.0. The number of ether oxygens (including phenoxy) is 1. The fourth-order valence-corrected chi connectivity index (χ4v) is 6.29. The standard InChI is InChI=1S/C25H33N3O4S/c1-2-32-24-14-13-21(33(30,31)28-16-7-4-8-17-28)18-22(24)26-25(29)19-27-15-9-12-23(27)20-10-5-3-6-11-20/h3,5-6,10-11,13-14,18,23H,2,4,7-9,12,15-17,19H2,1H3,(H,26,29). The smallest absolute Gasteiger partial charge is 0.243 e. The number of anilines is 1. The predicted octanol–water partition coefficient (Wildman–Crippen LogP) is 4.04. The Morgan fingerprint density at radius 3 is 2.52 bits per heavy atom. The molecule has 2 aromatic rings. The number of piperidine rings is 1. The summed E-state index contributed by atoms with van der Waals surface area (Å²) in [6, 6.07) is 15.2. The van der Waals surface area contributed by atoms with Gasteiger partial charge in [0, 0.05) is 19.1 Å². The van der Waals surface area contributed by atoms with E-state index in [-0.39, 0.29) is 23.4 Å². The molecule has 2 aliphatic rings. The van der Waals surface area contributed by atoms with Crippen molar-refractivity contribution < 1.29 is 17.9 Å². The molecule has 0 radical (unpaired) electrons. The summed E-state index contributed by atoms with van der Waals surface area (Å²) in [5, 5.41) is 2.92. The van der Waals surface area contributed by atoms with E-state index in [2.05, 4.69) is 22.3 Å². The Balaban J connectivity index is 1.51. The molecule has 1 amide bonds. The normalized spacial score (nSPS) is 20.0. The third kappa shape index (κ3) is 5.57. The first-order valence-corrected chi connectivity index (χ1v) is 13.3. The van der Waals surface area contributed by atoms with Gasteiger partial charge >= 0.3 is 0 Å². The zero-order chi connectivity index (χ0) is 23.3. The lowest BCUT2D eigenvalue weighted by molar-refractivity contribution is -0.117. The van der Waals surface area contributed by atoms with Gasteiger partial charge < -0.3 is 10.1 Å². The molecule has 0 spiro atoms. The lowest BCUT2D eigenvalue weighted by atomic mass is 10.0. The second-order valence-corrected chi connectivity index (χ2v) is 10.6.